The van der Waals surface area contributed by atoms with Crippen molar-refractivity contribution in [3.63, 3.8) is 0 Å². The normalized spacial score (nSPS) is 14.6. The lowest BCUT2D eigenvalue weighted by molar-refractivity contribution is -0.115. The summed E-state index contributed by atoms with van der Waals surface area (Å²) in [5.41, 5.74) is 0.754. The van der Waals surface area contributed by atoms with Crippen molar-refractivity contribution >= 4 is 39.9 Å². The Morgan fingerprint density at radius 1 is 1.30 bits per heavy atom. The summed E-state index contributed by atoms with van der Waals surface area (Å²) in [7, 11) is 0. The molecular formula is C15H16F3N5O2S2. The van der Waals surface area contributed by atoms with E-state index in [9.17, 15) is 22.8 Å². The van der Waals surface area contributed by atoms with Crippen LogP contribution in [0.2, 0.25) is 0 Å². The highest BCUT2D eigenvalue weighted by molar-refractivity contribution is 8.01. The predicted octanol–water partition coefficient (Wildman–Crippen LogP) is 3.05. The topological polar surface area (TPSA) is 91.0 Å². The van der Waals surface area contributed by atoms with Crippen molar-refractivity contribution in [3.8, 4) is 0 Å². The molecule has 0 saturated carbocycles. The molecule has 27 heavy (non-hydrogen) atoms. The molecule has 3 heterocycles. The third-order valence-electron chi connectivity index (χ3n) is 3.80. The highest BCUT2D eigenvalue weighted by atomic mass is 32.2. The van der Waals surface area contributed by atoms with E-state index in [4.69, 9.17) is 0 Å². The second kappa shape index (κ2) is 8.30. The van der Waals surface area contributed by atoms with Crippen LogP contribution in [0.1, 0.15) is 33.7 Å². The van der Waals surface area contributed by atoms with Gasteiger partial charge in [-0.15, -0.1) is 10.2 Å². The number of halogens is 3. The molecular weight excluding hydrogens is 403 g/mol. The minimum absolute atomic E-state index is 0.0439. The zero-order chi connectivity index (χ0) is 19.4. The van der Waals surface area contributed by atoms with Crippen LogP contribution in [-0.4, -0.2) is 63.3 Å². The Hall–Kier alpha value is -2.08. The minimum Gasteiger partial charge on any atom is -0.356 e. The predicted molar refractivity (Wildman–Crippen MR) is 95.4 cm³/mol. The van der Waals surface area contributed by atoms with Crippen LogP contribution in [0.5, 0.6) is 0 Å². The van der Waals surface area contributed by atoms with Crippen molar-refractivity contribution in [2.75, 3.05) is 30.7 Å². The molecule has 0 atom stereocenters. The van der Waals surface area contributed by atoms with Gasteiger partial charge in [-0.3, -0.25) is 9.59 Å². The summed E-state index contributed by atoms with van der Waals surface area (Å²) in [6, 6.07) is 1.53. The molecule has 1 aliphatic rings. The van der Waals surface area contributed by atoms with Crippen LogP contribution in [0.3, 0.4) is 0 Å². The maximum atomic E-state index is 12.3. The average Bonchev–Trinajstić information content (AvgIpc) is 3.38. The highest BCUT2D eigenvalue weighted by Crippen LogP contribution is 2.27. The van der Waals surface area contributed by atoms with Crippen LogP contribution in [-0.2, 0) is 0 Å². The molecule has 2 aromatic rings. The molecule has 0 unspecified atom stereocenters. The molecule has 2 N–H and O–H groups in total. The van der Waals surface area contributed by atoms with Crippen molar-refractivity contribution in [3.05, 3.63) is 23.5 Å². The lowest BCUT2D eigenvalue weighted by Gasteiger charge is -2.13. The molecule has 3 rings (SSSR count). The van der Waals surface area contributed by atoms with Crippen LogP contribution >= 0.6 is 23.1 Å². The number of anilines is 1. The first kappa shape index (κ1) is 19.7. The minimum atomic E-state index is -4.34. The summed E-state index contributed by atoms with van der Waals surface area (Å²) in [4.78, 5) is 29.1. The van der Waals surface area contributed by atoms with Gasteiger partial charge in [-0.1, -0.05) is 23.1 Å². The van der Waals surface area contributed by atoms with E-state index >= 15 is 0 Å². The molecule has 1 fully saturated rings. The number of carbonyl (C=O) groups excluding carboxylic acids is 2. The van der Waals surface area contributed by atoms with Gasteiger partial charge >= 0.3 is 6.18 Å². The summed E-state index contributed by atoms with van der Waals surface area (Å²) in [5.74, 6) is -0.288. The molecule has 0 aliphatic carbocycles. The number of ketones is 1. The summed E-state index contributed by atoms with van der Waals surface area (Å²) in [6.45, 7) is 0.250. The van der Waals surface area contributed by atoms with Crippen molar-refractivity contribution in [2.24, 2.45) is 0 Å². The summed E-state index contributed by atoms with van der Waals surface area (Å²) in [5, 5.41) is 9.54. The number of Topliss-reactive ketones (excluding diaryl/α,β-unsaturated/α-hetero) is 1. The number of aromatic amines is 1. The number of thioether (sulfide) groups is 1. The van der Waals surface area contributed by atoms with Crippen LogP contribution in [0.25, 0.3) is 0 Å². The smallest absolute Gasteiger partial charge is 0.356 e. The molecule has 1 aliphatic heterocycles. The fourth-order valence-corrected chi connectivity index (χ4v) is 4.14. The molecule has 0 bridgehead atoms. The number of amides is 1. The van der Waals surface area contributed by atoms with E-state index in [1.165, 1.54) is 12.3 Å². The quantitative estimate of drug-likeness (QED) is 0.530. The van der Waals surface area contributed by atoms with Gasteiger partial charge in [0, 0.05) is 24.8 Å². The van der Waals surface area contributed by atoms with Gasteiger partial charge in [0.2, 0.25) is 5.13 Å². The molecule has 1 amide bonds. The molecule has 2 aromatic heterocycles. The van der Waals surface area contributed by atoms with Gasteiger partial charge in [-0.25, -0.2) is 0 Å². The number of likely N-dealkylation sites (tertiary alicyclic amines) is 1. The van der Waals surface area contributed by atoms with E-state index in [1.54, 1.807) is 4.90 Å². The molecule has 146 valence electrons. The Kier molecular flexibility index (Phi) is 6.05. The molecule has 7 nitrogen and oxygen atoms in total. The number of nitrogens with zero attached hydrogens (tertiary/aromatic N) is 3. The highest BCUT2D eigenvalue weighted by Gasteiger charge is 2.27. The van der Waals surface area contributed by atoms with E-state index in [0.717, 1.165) is 49.0 Å². The number of nitrogens with one attached hydrogen (secondary N) is 2. The van der Waals surface area contributed by atoms with Crippen LogP contribution < -0.4 is 5.32 Å². The zero-order valence-corrected chi connectivity index (χ0v) is 15.6. The molecule has 0 radical (unpaired) electrons. The van der Waals surface area contributed by atoms with E-state index in [-0.39, 0.29) is 22.6 Å². The molecule has 1 saturated heterocycles. The first-order valence-corrected chi connectivity index (χ1v) is 9.90. The second-order valence-corrected chi connectivity index (χ2v) is 8.06. The Morgan fingerprint density at radius 3 is 2.74 bits per heavy atom. The van der Waals surface area contributed by atoms with Crippen molar-refractivity contribution in [1.29, 1.82) is 0 Å². The number of hydrogen-bond donors (Lipinski definition) is 2. The van der Waals surface area contributed by atoms with Crippen molar-refractivity contribution in [2.45, 2.75) is 23.4 Å². The number of aromatic nitrogens is 3. The Labute approximate surface area is 160 Å². The maximum absolute atomic E-state index is 12.3. The van der Waals surface area contributed by atoms with Crippen molar-refractivity contribution in [1.82, 2.24) is 20.1 Å². The van der Waals surface area contributed by atoms with Crippen LogP contribution in [0, 0.1) is 0 Å². The van der Waals surface area contributed by atoms with Gasteiger partial charge in [-0.05, 0) is 18.9 Å². The zero-order valence-electron chi connectivity index (χ0n) is 14.0. The Bertz CT molecular complexity index is 814. The third kappa shape index (κ3) is 5.45. The lowest BCUT2D eigenvalue weighted by Crippen LogP contribution is -2.27. The summed E-state index contributed by atoms with van der Waals surface area (Å²) >= 11 is 2.03. The SMILES string of the molecule is O=C(CSc1nnc(NCC(F)(F)F)s1)c1c[nH]c(C(=O)N2CCCC2)c1. The van der Waals surface area contributed by atoms with Gasteiger partial charge in [0.05, 0.1) is 5.75 Å². The third-order valence-corrected chi connectivity index (χ3v) is 5.82. The van der Waals surface area contributed by atoms with E-state index in [0.29, 0.717) is 15.6 Å². The largest absolute Gasteiger partial charge is 0.405 e. The fourth-order valence-electron chi connectivity index (χ4n) is 2.50. The average molecular weight is 419 g/mol. The van der Waals surface area contributed by atoms with Gasteiger partial charge in [0.15, 0.2) is 10.1 Å². The Balaban J connectivity index is 1.51. The number of H-pyrrole nitrogens is 1. The van der Waals surface area contributed by atoms with E-state index < -0.39 is 12.7 Å². The van der Waals surface area contributed by atoms with E-state index in [2.05, 4.69) is 20.5 Å². The maximum Gasteiger partial charge on any atom is 0.405 e. The van der Waals surface area contributed by atoms with Gasteiger partial charge in [0.1, 0.15) is 12.2 Å². The first-order chi connectivity index (χ1) is 12.8. The molecule has 0 aromatic carbocycles. The van der Waals surface area contributed by atoms with Crippen LogP contribution in [0.15, 0.2) is 16.6 Å². The van der Waals surface area contributed by atoms with Crippen molar-refractivity contribution < 1.29 is 22.8 Å². The second-order valence-electron chi connectivity index (χ2n) is 5.86. The summed E-state index contributed by atoms with van der Waals surface area (Å²) in [6.07, 6.45) is -0.886. The fraction of sp³-hybridized carbons (Fsp3) is 0.467. The standard InChI is InChI=1S/C15H16F3N5O2S2/c16-15(17,18)8-20-13-21-22-14(27-13)26-7-11(24)9-5-10(19-6-9)12(25)23-3-1-2-4-23/h5-6,19H,1-4,7-8H2,(H,20,21). The summed E-state index contributed by atoms with van der Waals surface area (Å²) < 4.78 is 36.9. The van der Waals surface area contributed by atoms with E-state index in [1.807, 2.05) is 0 Å². The molecule has 0 spiro atoms. The lowest BCUT2D eigenvalue weighted by atomic mass is 10.2. The number of hydrogen-bond acceptors (Lipinski definition) is 7. The Morgan fingerprint density at radius 2 is 2.04 bits per heavy atom. The number of rotatable bonds is 7. The number of carbonyl (C=O) groups is 2. The van der Waals surface area contributed by atoms with Crippen LogP contribution in [0.4, 0.5) is 18.3 Å². The first-order valence-electron chi connectivity index (χ1n) is 8.09. The van der Waals surface area contributed by atoms with Gasteiger partial charge < -0.3 is 15.2 Å². The number of alkyl halides is 3. The van der Waals surface area contributed by atoms with Gasteiger partial charge in [0.25, 0.3) is 5.91 Å². The molecule has 12 heteroatoms. The monoisotopic (exact) mass is 419 g/mol. The van der Waals surface area contributed by atoms with Gasteiger partial charge in [-0.2, -0.15) is 13.2 Å².